The minimum Gasteiger partial charge on any atom is -0.463 e. The van der Waals surface area contributed by atoms with Crippen molar-refractivity contribution in [2.24, 2.45) is 34.5 Å². The van der Waals surface area contributed by atoms with E-state index < -0.39 is 0 Å². The normalized spacial score (nSPS) is 45.2. The molecule has 0 aliphatic heterocycles. The van der Waals surface area contributed by atoms with E-state index in [1.165, 1.54) is 20.1 Å². The van der Waals surface area contributed by atoms with Crippen molar-refractivity contribution in [1.29, 1.82) is 0 Å². The zero-order valence-corrected chi connectivity index (χ0v) is 18.2. The highest BCUT2D eigenvalue weighted by Crippen LogP contribution is 2.66. The first kappa shape index (κ1) is 20.6. The summed E-state index contributed by atoms with van der Waals surface area (Å²) in [7, 11) is 0. The van der Waals surface area contributed by atoms with Gasteiger partial charge in [-0.1, -0.05) is 13.8 Å². The average molecular weight is 403 g/mol. The lowest BCUT2D eigenvalue weighted by Crippen LogP contribution is -2.54. The van der Waals surface area contributed by atoms with Crippen molar-refractivity contribution in [2.45, 2.75) is 85.2 Å². The molecule has 160 valence electrons. The van der Waals surface area contributed by atoms with Crippen LogP contribution in [0, 0.1) is 34.5 Å². The summed E-state index contributed by atoms with van der Waals surface area (Å²) in [6, 6.07) is 0. The molecule has 0 bridgehead atoms. The van der Waals surface area contributed by atoms with Gasteiger partial charge in [-0.3, -0.25) is 14.4 Å². The summed E-state index contributed by atoms with van der Waals surface area (Å²) in [5.74, 6) is 1.76. The van der Waals surface area contributed by atoms with E-state index in [0.29, 0.717) is 29.2 Å². The molecular formula is C24H34O5. The van der Waals surface area contributed by atoms with Gasteiger partial charge in [0.15, 0.2) is 5.78 Å². The van der Waals surface area contributed by atoms with E-state index in [2.05, 4.69) is 13.8 Å². The summed E-state index contributed by atoms with van der Waals surface area (Å²) in [5, 5.41) is 0. The molecule has 0 aromatic carbocycles. The number of allylic oxidation sites excluding steroid dienone is 1. The molecule has 7 atom stereocenters. The zero-order chi connectivity index (χ0) is 21.0. The average Bonchev–Trinajstić information content (AvgIpc) is 2.91. The van der Waals surface area contributed by atoms with Gasteiger partial charge in [0.1, 0.15) is 12.4 Å². The number of Topliss-reactive ketones (excluding diaryl/α,β-unsaturated/α-hetero) is 1. The highest BCUT2D eigenvalue weighted by Gasteiger charge is 2.61. The summed E-state index contributed by atoms with van der Waals surface area (Å²) < 4.78 is 10.6. The Morgan fingerprint density at radius 1 is 1.00 bits per heavy atom. The van der Waals surface area contributed by atoms with Crippen LogP contribution in [0.1, 0.15) is 79.1 Å². The lowest BCUT2D eigenvalue weighted by atomic mass is 9.45. The molecule has 4 fully saturated rings. The summed E-state index contributed by atoms with van der Waals surface area (Å²) in [6.45, 7) is 7.46. The molecule has 0 aromatic heterocycles. The Morgan fingerprint density at radius 3 is 2.45 bits per heavy atom. The maximum absolute atomic E-state index is 13.1. The Labute approximate surface area is 173 Å². The second-order valence-corrected chi connectivity index (χ2v) is 10.4. The van der Waals surface area contributed by atoms with Gasteiger partial charge in [0.25, 0.3) is 0 Å². The lowest BCUT2D eigenvalue weighted by molar-refractivity contribution is -0.160. The maximum Gasteiger partial charge on any atom is 0.307 e. The third kappa shape index (κ3) is 3.34. The number of carbonyl (C=O) groups is 3. The molecule has 0 N–H and O–H groups in total. The monoisotopic (exact) mass is 402 g/mol. The van der Waals surface area contributed by atoms with Gasteiger partial charge in [0.05, 0.1) is 0 Å². The van der Waals surface area contributed by atoms with Crippen LogP contribution in [-0.4, -0.2) is 23.8 Å². The molecule has 5 heteroatoms. The Bertz CT molecular complexity index is 754. The smallest absolute Gasteiger partial charge is 0.307 e. The second-order valence-electron chi connectivity index (χ2n) is 10.4. The third-order valence-corrected chi connectivity index (χ3v) is 8.96. The number of carbonyl (C=O) groups excluding carboxylic acids is 3. The standard InChI is InChI=1S/C24H34O5/c1-14(25)28-13-16-11-21-19-6-5-17-12-18(29-15(2)26)7-9-23(17,3)20(19)8-10-24(21,4)22(16)27/h13,17-21H,5-12H2,1-4H3/b16-13+/t17-,18-,19+,20-,21-,23-,24-/m0/s1. The number of hydrogen-bond acceptors (Lipinski definition) is 5. The molecule has 0 spiro atoms. The van der Waals surface area contributed by atoms with Crippen molar-refractivity contribution in [1.82, 2.24) is 0 Å². The molecule has 0 saturated heterocycles. The van der Waals surface area contributed by atoms with Crippen LogP contribution in [0.3, 0.4) is 0 Å². The molecular weight excluding hydrogens is 368 g/mol. The Balaban J connectivity index is 1.54. The highest BCUT2D eigenvalue weighted by molar-refractivity contribution is 6.02. The van der Waals surface area contributed by atoms with Crippen LogP contribution in [0.25, 0.3) is 0 Å². The highest BCUT2D eigenvalue weighted by atomic mass is 16.5. The van der Waals surface area contributed by atoms with Crippen LogP contribution < -0.4 is 0 Å². The molecule has 0 amide bonds. The molecule has 29 heavy (non-hydrogen) atoms. The van der Waals surface area contributed by atoms with Gasteiger partial charge in [-0.15, -0.1) is 0 Å². The van der Waals surface area contributed by atoms with Gasteiger partial charge in [0.2, 0.25) is 0 Å². The SMILES string of the molecule is CC(=O)O/C=C1\C[C@H]2[C@@H]3CC[C@H]4C[C@@H](OC(C)=O)CC[C@]4(C)[C@H]3CC[C@]2(C)C1=O. The zero-order valence-electron chi connectivity index (χ0n) is 18.2. The number of ether oxygens (including phenoxy) is 2. The Morgan fingerprint density at radius 2 is 1.76 bits per heavy atom. The first-order valence-corrected chi connectivity index (χ1v) is 11.2. The molecule has 0 aromatic rings. The minimum atomic E-state index is -0.374. The van der Waals surface area contributed by atoms with Crippen LogP contribution >= 0.6 is 0 Å². The Hall–Kier alpha value is -1.65. The Kier molecular flexibility index (Phi) is 5.15. The molecule has 4 saturated carbocycles. The van der Waals surface area contributed by atoms with Crippen molar-refractivity contribution in [2.75, 3.05) is 0 Å². The van der Waals surface area contributed by atoms with E-state index in [1.54, 1.807) is 0 Å². The summed E-state index contributed by atoms with van der Waals surface area (Å²) >= 11 is 0. The maximum atomic E-state index is 13.1. The van der Waals surface area contributed by atoms with E-state index in [4.69, 9.17) is 9.47 Å². The van der Waals surface area contributed by atoms with Crippen molar-refractivity contribution in [3.8, 4) is 0 Å². The van der Waals surface area contributed by atoms with Crippen LogP contribution in [0.15, 0.2) is 11.8 Å². The van der Waals surface area contributed by atoms with Crippen molar-refractivity contribution < 1.29 is 23.9 Å². The van der Waals surface area contributed by atoms with E-state index in [0.717, 1.165) is 51.4 Å². The van der Waals surface area contributed by atoms with Crippen molar-refractivity contribution in [3.05, 3.63) is 11.8 Å². The fourth-order valence-electron chi connectivity index (χ4n) is 7.49. The quantitative estimate of drug-likeness (QED) is 0.384. The molecule has 4 aliphatic carbocycles. The van der Waals surface area contributed by atoms with Gasteiger partial charge in [-0.05, 0) is 80.5 Å². The van der Waals surface area contributed by atoms with E-state index >= 15 is 0 Å². The summed E-state index contributed by atoms with van der Waals surface area (Å²) in [5.41, 5.74) is 0.650. The first-order chi connectivity index (χ1) is 13.6. The van der Waals surface area contributed by atoms with Crippen LogP contribution in [0.2, 0.25) is 0 Å². The first-order valence-electron chi connectivity index (χ1n) is 11.2. The van der Waals surface area contributed by atoms with Gasteiger partial charge < -0.3 is 9.47 Å². The van der Waals surface area contributed by atoms with Crippen LogP contribution in [-0.2, 0) is 23.9 Å². The fraction of sp³-hybridized carbons (Fsp3) is 0.792. The fourth-order valence-corrected chi connectivity index (χ4v) is 7.49. The molecule has 0 heterocycles. The van der Waals surface area contributed by atoms with Gasteiger partial charge in [0, 0.05) is 24.8 Å². The second kappa shape index (κ2) is 7.24. The lowest BCUT2D eigenvalue weighted by Gasteiger charge is -2.60. The molecule has 4 rings (SSSR count). The molecule has 5 nitrogen and oxygen atoms in total. The summed E-state index contributed by atoms with van der Waals surface area (Å²) in [4.78, 5) is 35.8. The number of esters is 2. The van der Waals surface area contributed by atoms with Crippen molar-refractivity contribution in [3.63, 3.8) is 0 Å². The predicted molar refractivity (Wildman–Crippen MR) is 108 cm³/mol. The number of hydrogen-bond donors (Lipinski definition) is 0. The summed E-state index contributed by atoms with van der Waals surface area (Å²) in [6.07, 6.45) is 9.57. The largest absolute Gasteiger partial charge is 0.463 e. The van der Waals surface area contributed by atoms with Gasteiger partial charge >= 0.3 is 11.9 Å². The number of ketones is 1. The van der Waals surface area contributed by atoms with Crippen molar-refractivity contribution >= 4 is 17.7 Å². The molecule has 4 aliphatic rings. The number of fused-ring (bicyclic) bond motifs is 5. The molecule has 0 unspecified atom stereocenters. The topological polar surface area (TPSA) is 69.7 Å². The van der Waals surface area contributed by atoms with E-state index in [-0.39, 0.29) is 34.7 Å². The minimum absolute atomic E-state index is 0.0716. The number of rotatable bonds is 2. The molecule has 0 radical (unpaired) electrons. The van der Waals surface area contributed by atoms with Crippen LogP contribution in [0.5, 0.6) is 0 Å². The predicted octanol–water partition coefficient (Wildman–Crippen LogP) is 4.59. The van der Waals surface area contributed by atoms with Crippen LogP contribution in [0.4, 0.5) is 0 Å². The van der Waals surface area contributed by atoms with Gasteiger partial charge in [-0.25, -0.2) is 0 Å². The van der Waals surface area contributed by atoms with E-state index in [9.17, 15) is 14.4 Å². The van der Waals surface area contributed by atoms with Gasteiger partial charge in [-0.2, -0.15) is 0 Å². The van der Waals surface area contributed by atoms with E-state index in [1.807, 2.05) is 0 Å². The third-order valence-electron chi connectivity index (χ3n) is 8.96.